The van der Waals surface area contributed by atoms with Gasteiger partial charge in [0.2, 0.25) is 0 Å². The maximum Gasteiger partial charge on any atom is 0.191 e. The van der Waals surface area contributed by atoms with Crippen LogP contribution in [0.1, 0.15) is 27.7 Å². The van der Waals surface area contributed by atoms with E-state index in [2.05, 4.69) is 60.2 Å². The third kappa shape index (κ3) is 7.06. The van der Waals surface area contributed by atoms with Crippen LogP contribution in [0.25, 0.3) is 0 Å². The third-order valence-electron chi connectivity index (χ3n) is 4.71. The first-order valence-corrected chi connectivity index (χ1v) is 8.71. The van der Waals surface area contributed by atoms with Gasteiger partial charge in [-0.15, -0.1) is 0 Å². The van der Waals surface area contributed by atoms with Gasteiger partial charge in [-0.25, -0.2) is 0 Å². The molecule has 1 rings (SSSR count). The maximum absolute atomic E-state index is 5.44. The molecule has 136 valence electrons. The number of aliphatic imine (C=N–C) groups is 1. The van der Waals surface area contributed by atoms with Gasteiger partial charge in [0.15, 0.2) is 5.96 Å². The molecular weight excluding hydrogens is 290 g/mol. The SMILES string of the molecule is CN=C(NCC(C(C)C)N1CCN(C)CC1)NCC(C)(C)OC. The molecule has 1 atom stereocenters. The first-order chi connectivity index (χ1) is 10.8. The Morgan fingerprint density at radius 2 is 1.78 bits per heavy atom. The van der Waals surface area contributed by atoms with Crippen molar-refractivity contribution in [2.24, 2.45) is 10.9 Å². The fourth-order valence-electron chi connectivity index (χ4n) is 2.73. The van der Waals surface area contributed by atoms with E-state index in [0.717, 1.165) is 45.2 Å². The molecule has 1 fully saturated rings. The normalized spacial score (nSPS) is 19.9. The van der Waals surface area contributed by atoms with E-state index in [1.54, 1.807) is 7.11 Å². The first-order valence-electron chi connectivity index (χ1n) is 8.71. The molecule has 1 saturated heterocycles. The molecule has 0 bridgehead atoms. The maximum atomic E-state index is 5.44. The van der Waals surface area contributed by atoms with Crippen molar-refractivity contribution >= 4 is 5.96 Å². The van der Waals surface area contributed by atoms with Crippen LogP contribution in [-0.2, 0) is 4.74 Å². The molecule has 2 N–H and O–H groups in total. The number of nitrogens with one attached hydrogen (secondary N) is 2. The average Bonchev–Trinajstić information content (AvgIpc) is 2.51. The number of rotatable bonds is 7. The number of hydrogen-bond donors (Lipinski definition) is 2. The molecule has 0 aromatic rings. The molecule has 1 aliphatic heterocycles. The predicted octanol–water partition coefficient (Wildman–Crippen LogP) is 0.848. The van der Waals surface area contributed by atoms with E-state index in [0.29, 0.717) is 12.0 Å². The van der Waals surface area contributed by atoms with Crippen molar-refractivity contribution in [1.82, 2.24) is 20.4 Å². The fraction of sp³-hybridized carbons (Fsp3) is 0.941. The topological polar surface area (TPSA) is 52.1 Å². The standard InChI is InChI=1S/C17H37N5O/c1-14(2)15(22-10-8-21(6)9-11-22)12-19-16(18-5)20-13-17(3,4)23-7/h14-15H,8-13H2,1-7H3,(H2,18,19,20). The van der Waals surface area contributed by atoms with Gasteiger partial charge in [-0.05, 0) is 26.8 Å². The van der Waals surface area contributed by atoms with Crippen molar-refractivity contribution < 1.29 is 4.74 Å². The lowest BCUT2D eigenvalue weighted by Crippen LogP contribution is -2.55. The Kier molecular flexibility index (Phi) is 8.29. The van der Waals surface area contributed by atoms with E-state index < -0.39 is 0 Å². The summed E-state index contributed by atoms with van der Waals surface area (Å²) in [5, 5.41) is 6.84. The number of piperazine rings is 1. The molecular formula is C17H37N5O. The van der Waals surface area contributed by atoms with E-state index in [1.165, 1.54) is 0 Å². The number of nitrogens with zero attached hydrogens (tertiary/aromatic N) is 3. The summed E-state index contributed by atoms with van der Waals surface area (Å²) >= 11 is 0. The summed E-state index contributed by atoms with van der Waals surface area (Å²) in [7, 11) is 5.75. The number of likely N-dealkylation sites (N-methyl/N-ethyl adjacent to an activating group) is 1. The molecule has 0 aliphatic carbocycles. The monoisotopic (exact) mass is 327 g/mol. The Balaban J connectivity index is 2.50. The molecule has 0 aromatic heterocycles. The van der Waals surface area contributed by atoms with Gasteiger partial charge in [0.25, 0.3) is 0 Å². The van der Waals surface area contributed by atoms with Crippen molar-refractivity contribution in [3.05, 3.63) is 0 Å². The first kappa shape index (κ1) is 20.2. The molecule has 6 heteroatoms. The summed E-state index contributed by atoms with van der Waals surface area (Å²) < 4.78 is 5.44. The quantitative estimate of drug-likeness (QED) is 0.536. The van der Waals surface area contributed by atoms with Crippen molar-refractivity contribution in [3.63, 3.8) is 0 Å². The van der Waals surface area contributed by atoms with Crippen LogP contribution < -0.4 is 10.6 Å². The molecule has 0 amide bonds. The van der Waals surface area contributed by atoms with E-state index >= 15 is 0 Å². The number of ether oxygens (including phenoxy) is 1. The van der Waals surface area contributed by atoms with Crippen LogP contribution in [0.15, 0.2) is 4.99 Å². The summed E-state index contributed by atoms with van der Waals surface area (Å²) in [4.78, 5) is 9.32. The van der Waals surface area contributed by atoms with Crippen LogP contribution in [-0.4, -0.2) is 87.9 Å². The smallest absolute Gasteiger partial charge is 0.191 e. The highest BCUT2D eigenvalue weighted by atomic mass is 16.5. The van der Waals surface area contributed by atoms with Gasteiger partial charge in [-0.1, -0.05) is 13.8 Å². The zero-order valence-corrected chi connectivity index (χ0v) is 16.1. The van der Waals surface area contributed by atoms with Gasteiger partial charge in [0, 0.05) is 59.5 Å². The Morgan fingerprint density at radius 3 is 2.26 bits per heavy atom. The number of guanidine groups is 1. The summed E-state index contributed by atoms with van der Waals surface area (Å²) in [5.74, 6) is 1.45. The number of methoxy groups -OCH3 is 1. The van der Waals surface area contributed by atoms with Crippen molar-refractivity contribution in [1.29, 1.82) is 0 Å². The van der Waals surface area contributed by atoms with Crippen LogP contribution in [0, 0.1) is 5.92 Å². The van der Waals surface area contributed by atoms with Crippen LogP contribution in [0.5, 0.6) is 0 Å². The van der Waals surface area contributed by atoms with E-state index in [9.17, 15) is 0 Å². The molecule has 23 heavy (non-hydrogen) atoms. The minimum atomic E-state index is -0.202. The van der Waals surface area contributed by atoms with Gasteiger partial charge >= 0.3 is 0 Å². The van der Waals surface area contributed by atoms with Gasteiger partial charge < -0.3 is 20.3 Å². The Morgan fingerprint density at radius 1 is 1.17 bits per heavy atom. The minimum absolute atomic E-state index is 0.202. The zero-order valence-electron chi connectivity index (χ0n) is 16.1. The second-order valence-electron chi connectivity index (χ2n) is 7.42. The van der Waals surface area contributed by atoms with Crippen LogP contribution in [0.2, 0.25) is 0 Å². The molecule has 0 radical (unpaired) electrons. The summed E-state index contributed by atoms with van der Waals surface area (Å²) in [6, 6.07) is 0.526. The Labute approximate surface area is 142 Å². The summed E-state index contributed by atoms with van der Waals surface area (Å²) in [6.45, 7) is 15.0. The van der Waals surface area contributed by atoms with Crippen molar-refractivity contribution in [2.75, 3.05) is 60.5 Å². The summed E-state index contributed by atoms with van der Waals surface area (Å²) in [5.41, 5.74) is -0.202. The highest BCUT2D eigenvalue weighted by Crippen LogP contribution is 2.13. The molecule has 6 nitrogen and oxygen atoms in total. The molecule has 1 heterocycles. The van der Waals surface area contributed by atoms with Crippen LogP contribution in [0.4, 0.5) is 0 Å². The van der Waals surface area contributed by atoms with E-state index in [4.69, 9.17) is 4.74 Å². The molecule has 0 saturated carbocycles. The van der Waals surface area contributed by atoms with E-state index in [1.807, 2.05) is 7.05 Å². The lowest BCUT2D eigenvalue weighted by Gasteiger charge is -2.40. The largest absolute Gasteiger partial charge is 0.377 e. The van der Waals surface area contributed by atoms with Crippen molar-refractivity contribution in [3.8, 4) is 0 Å². The molecule has 0 spiro atoms. The second-order valence-corrected chi connectivity index (χ2v) is 7.42. The summed E-state index contributed by atoms with van der Waals surface area (Å²) in [6.07, 6.45) is 0. The lowest BCUT2D eigenvalue weighted by atomic mass is 10.0. The van der Waals surface area contributed by atoms with Gasteiger partial charge in [0.05, 0.1) is 5.60 Å². The zero-order chi connectivity index (χ0) is 17.5. The van der Waals surface area contributed by atoms with E-state index in [-0.39, 0.29) is 5.60 Å². The molecule has 1 aliphatic rings. The van der Waals surface area contributed by atoms with Gasteiger partial charge in [0.1, 0.15) is 0 Å². The predicted molar refractivity (Wildman–Crippen MR) is 98.1 cm³/mol. The Bertz CT molecular complexity index is 362. The van der Waals surface area contributed by atoms with Crippen LogP contribution >= 0.6 is 0 Å². The third-order valence-corrected chi connectivity index (χ3v) is 4.71. The van der Waals surface area contributed by atoms with Gasteiger partial charge in [-0.2, -0.15) is 0 Å². The second kappa shape index (κ2) is 9.45. The van der Waals surface area contributed by atoms with Gasteiger partial charge in [-0.3, -0.25) is 9.89 Å². The Hall–Kier alpha value is -0.850. The highest BCUT2D eigenvalue weighted by molar-refractivity contribution is 5.79. The number of hydrogen-bond acceptors (Lipinski definition) is 4. The average molecular weight is 328 g/mol. The van der Waals surface area contributed by atoms with Crippen LogP contribution in [0.3, 0.4) is 0 Å². The molecule has 1 unspecified atom stereocenters. The highest BCUT2D eigenvalue weighted by Gasteiger charge is 2.25. The lowest BCUT2D eigenvalue weighted by molar-refractivity contribution is 0.0267. The fourth-order valence-corrected chi connectivity index (χ4v) is 2.73. The van der Waals surface area contributed by atoms with Crippen molar-refractivity contribution in [2.45, 2.75) is 39.3 Å². The minimum Gasteiger partial charge on any atom is -0.377 e. The molecule has 0 aromatic carbocycles.